The van der Waals surface area contributed by atoms with Gasteiger partial charge in [0.05, 0.1) is 17.1 Å². The van der Waals surface area contributed by atoms with Crippen molar-refractivity contribution in [1.29, 1.82) is 0 Å². The summed E-state index contributed by atoms with van der Waals surface area (Å²) in [6.45, 7) is 1.81. The van der Waals surface area contributed by atoms with Gasteiger partial charge in [0.2, 0.25) is 5.78 Å². The number of carbonyl (C=O) groups excluding carboxylic acids is 2. The number of sulfonamides is 1. The molecule has 0 aromatic heterocycles. The smallest absolute Gasteiger partial charge is 0.265 e. The van der Waals surface area contributed by atoms with Crippen LogP contribution >= 0.6 is 0 Å². The lowest BCUT2D eigenvalue weighted by atomic mass is 10.0. The van der Waals surface area contributed by atoms with E-state index < -0.39 is 28.1 Å². The molecule has 0 amide bonds. The van der Waals surface area contributed by atoms with Crippen LogP contribution < -0.4 is 5.32 Å². The van der Waals surface area contributed by atoms with Crippen LogP contribution in [0, 0.1) is 0 Å². The zero-order valence-electron chi connectivity index (χ0n) is 20.8. The molecular weight excluding hydrogens is 496 g/mol. The van der Waals surface area contributed by atoms with Crippen molar-refractivity contribution >= 4 is 27.3 Å². The fourth-order valence-electron chi connectivity index (χ4n) is 4.56. The van der Waals surface area contributed by atoms with E-state index in [0.717, 1.165) is 15.4 Å². The number of Topliss-reactive ketones (excluding diaryl/α,β-unsaturated/α-hetero) is 2. The lowest BCUT2D eigenvalue weighted by Gasteiger charge is -2.33. The van der Waals surface area contributed by atoms with Gasteiger partial charge in [-0.25, -0.2) is 8.42 Å². The minimum absolute atomic E-state index is 0.0489. The first kappa shape index (κ1) is 25.2. The molecule has 0 spiro atoms. The van der Waals surface area contributed by atoms with E-state index in [0.29, 0.717) is 28.9 Å². The van der Waals surface area contributed by atoms with Gasteiger partial charge in [0.25, 0.3) is 10.0 Å². The zero-order valence-corrected chi connectivity index (χ0v) is 21.6. The second-order valence-corrected chi connectivity index (χ2v) is 10.7. The summed E-state index contributed by atoms with van der Waals surface area (Å²) in [6, 6.07) is 31.8. The summed E-state index contributed by atoms with van der Waals surface area (Å²) in [6.07, 6.45) is 0. The molecule has 5 rings (SSSR count). The highest BCUT2D eigenvalue weighted by atomic mass is 32.2. The minimum atomic E-state index is -4.20. The normalized spacial score (nSPS) is 14.1. The van der Waals surface area contributed by atoms with Gasteiger partial charge in [-0.3, -0.25) is 13.9 Å². The molecule has 190 valence electrons. The third-order valence-corrected chi connectivity index (χ3v) is 8.22. The summed E-state index contributed by atoms with van der Waals surface area (Å²) >= 11 is 0. The average Bonchev–Trinajstić information content (AvgIpc) is 2.96. The van der Waals surface area contributed by atoms with Crippen molar-refractivity contribution in [3.05, 3.63) is 132 Å². The van der Waals surface area contributed by atoms with Gasteiger partial charge in [-0.2, -0.15) is 0 Å². The molecule has 0 bridgehead atoms. The number of ketones is 2. The molecule has 0 saturated carbocycles. The van der Waals surface area contributed by atoms with Crippen LogP contribution in [0.2, 0.25) is 0 Å². The number of nitrogens with zero attached hydrogens (tertiary/aromatic N) is 1. The Morgan fingerprint density at radius 3 is 1.95 bits per heavy atom. The Morgan fingerprint density at radius 2 is 1.29 bits per heavy atom. The number of hydrogen-bond acceptors (Lipinski definition) is 5. The van der Waals surface area contributed by atoms with Crippen molar-refractivity contribution < 1.29 is 18.0 Å². The maximum atomic E-state index is 13.9. The molecule has 0 aliphatic carbocycles. The van der Waals surface area contributed by atoms with Crippen LogP contribution in [-0.4, -0.2) is 37.4 Å². The molecule has 0 unspecified atom stereocenters. The molecule has 0 saturated heterocycles. The Morgan fingerprint density at radius 1 is 0.711 bits per heavy atom. The molecule has 4 aromatic rings. The van der Waals surface area contributed by atoms with Crippen molar-refractivity contribution in [3.8, 4) is 11.1 Å². The molecule has 7 heteroatoms. The molecule has 1 N–H and O–H groups in total. The summed E-state index contributed by atoms with van der Waals surface area (Å²) in [5.41, 5.74) is 3.37. The quantitative estimate of drug-likeness (QED) is 0.313. The Bertz CT molecular complexity index is 1630. The molecule has 1 heterocycles. The van der Waals surface area contributed by atoms with Crippen LogP contribution in [0.4, 0.5) is 0 Å². The largest absolute Gasteiger partial charge is 0.383 e. The monoisotopic (exact) mass is 522 g/mol. The molecule has 6 nitrogen and oxygen atoms in total. The van der Waals surface area contributed by atoms with Crippen molar-refractivity contribution in [1.82, 2.24) is 9.62 Å². The third kappa shape index (κ3) is 4.64. The van der Waals surface area contributed by atoms with E-state index >= 15 is 0 Å². The SMILES string of the molecule is CCNC1=C(C(=O)c2ccccc2)N(CC(=O)c2ccc(-c3ccccc3)cc2)S(=O)(=O)c2ccccc21. The van der Waals surface area contributed by atoms with Crippen LogP contribution in [0.25, 0.3) is 16.8 Å². The third-order valence-electron chi connectivity index (χ3n) is 6.42. The first-order chi connectivity index (χ1) is 18.4. The van der Waals surface area contributed by atoms with Crippen molar-refractivity contribution in [2.24, 2.45) is 0 Å². The van der Waals surface area contributed by atoms with Crippen LogP contribution in [0.5, 0.6) is 0 Å². The molecule has 4 aromatic carbocycles. The highest BCUT2D eigenvalue weighted by molar-refractivity contribution is 7.89. The molecule has 0 radical (unpaired) electrons. The highest BCUT2D eigenvalue weighted by Gasteiger charge is 2.41. The summed E-state index contributed by atoms with van der Waals surface area (Å²) in [5.74, 6) is -0.895. The first-order valence-electron chi connectivity index (χ1n) is 12.3. The maximum absolute atomic E-state index is 13.9. The van der Waals surface area contributed by atoms with Gasteiger partial charge in [0.1, 0.15) is 5.70 Å². The number of nitrogens with one attached hydrogen (secondary N) is 1. The van der Waals surface area contributed by atoms with E-state index in [-0.39, 0.29) is 10.6 Å². The lowest BCUT2D eigenvalue weighted by molar-refractivity contribution is 0.0958. The van der Waals surface area contributed by atoms with E-state index in [2.05, 4.69) is 5.32 Å². The topological polar surface area (TPSA) is 83.6 Å². The van der Waals surface area contributed by atoms with Crippen molar-refractivity contribution in [2.75, 3.05) is 13.1 Å². The van der Waals surface area contributed by atoms with Crippen LogP contribution in [0.3, 0.4) is 0 Å². The van der Waals surface area contributed by atoms with Crippen LogP contribution in [-0.2, 0) is 10.0 Å². The molecule has 38 heavy (non-hydrogen) atoms. The van der Waals surface area contributed by atoms with E-state index in [1.54, 1.807) is 60.7 Å². The standard InChI is InChI=1S/C31H26N2O4S/c1-2-32-29-26-15-9-10-16-28(26)38(36,37)33(30(29)31(35)25-13-7-4-8-14-25)21-27(34)24-19-17-23(18-20-24)22-11-5-3-6-12-22/h3-20,32H,2,21H2,1H3. The van der Waals surface area contributed by atoms with E-state index in [4.69, 9.17) is 0 Å². The predicted molar refractivity (Wildman–Crippen MR) is 148 cm³/mol. The van der Waals surface area contributed by atoms with Gasteiger partial charge >= 0.3 is 0 Å². The van der Waals surface area contributed by atoms with Gasteiger partial charge < -0.3 is 5.32 Å². The Kier molecular flexibility index (Phi) is 6.94. The van der Waals surface area contributed by atoms with E-state index in [1.807, 2.05) is 49.4 Å². The van der Waals surface area contributed by atoms with Gasteiger partial charge in [-0.15, -0.1) is 0 Å². The number of rotatable bonds is 8. The number of hydrogen-bond donors (Lipinski definition) is 1. The Balaban J connectivity index is 1.58. The number of fused-ring (bicyclic) bond motifs is 1. The summed E-state index contributed by atoms with van der Waals surface area (Å²) < 4.78 is 28.7. The van der Waals surface area contributed by atoms with E-state index in [1.165, 1.54) is 6.07 Å². The molecule has 1 aliphatic rings. The van der Waals surface area contributed by atoms with Gasteiger partial charge in [-0.05, 0) is 24.1 Å². The molecular formula is C31H26N2O4S. The second kappa shape index (κ2) is 10.5. The molecule has 0 fully saturated rings. The van der Waals surface area contributed by atoms with Gasteiger partial charge in [-0.1, -0.05) is 103 Å². The van der Waals surface area contributed by atoms with E-state index in [9.17, 15) is 18.0 Å². The number of allylic oxidation sites excluding steroid dienone is 1. The first-order valence-corrected chi connectivity index (χ1v) is 13.7. The summed E-state index contributed by atoms with van der Waals surface area (Å²) in [7, 11) is -4.20. The Labute approximate surface area is 222 Å². The van der Waals surface area contributed by atoms with Crippen LogP contribution in [0.15, 0.2) is 120 Å². The van der Waals surface area contributed by atoms with Gasteiger partial charge in [0, 0.05) is 23.2 Å². The predicted octanol–water partition coefficient (Wildman–Crippen LogP) is 5.40. The zero-order chi connectivity index (χ0) is 26.7. The Hall–Kier alpha value is -4.49. The average molecular weight is 523 g/mol. The van der Waals surface area contributed by atoms with Crippen LogP contribution in [0.1, 0.15) is 33.2 Å². The summed E-state index contributed by atoms with van der Waals surface area (Å²) in [4.78, 5) is 27.3. The molecule has 0 atom stereocenters. The minimum Gasteiger partial charge on any atom is -0.383 e. The number of benzene rings is 4. The maximum Gasteiger partial charge on any atom is 0.265 e. The van der Waals surface area contributed by atoms with Crippen molar-refractivity contribution in [2.45, 2.75) is 11.8 Å². The fourth-order valence-corrected chi connectivity index (χ4v) is 6.20. The second-order valence-electron chi connectivity index (χ2n) is 8.82. The molecule has 1 aliphatic heterocycles. The lowest BCUT2D eigenvalue weighted by Crippen LogP contribution is -2.43. The highest BCUT2D eigenvalue weighted by Crippen LogP contribution is 2.37. The fraction of sp³-hybridized carbons (Fsp3) is 0.0968. The van der Waals surface area contributed by atoms with Gasteiger partial charge in [0.15, 0.2) is 5.78 Å². The van der Waals surface area contributed by atoms with Crippen molar-refractivity contribution in [3.63, 3.8) is 0 Å². The summed E-state index contributed by atoms with van der Waals surface area (Å²) in [5, 5.41) is 3.19. The number of carbonyl (C=O) groups is 2.